The fourth-order valence-corrected chi connectivity index (χ4v) is 1.94. The molecule has 1 unspecified atom stereocenters. The molecule has 0 amide bonds. The minimum absolute atomic E-state index is 0.0637. The number of hydrogen-bond acceptors (Lipinski definition) is 3. The van der Waals surface area contributed by atoms with Crippen molar-refractivity contribution >= 4 is 0 Å². The third-order valence-electron chi connectivity index (χ3n) is 2.88. The highest BCUT2D eigenvalue weighted by Gasteiger charge is 2.24. The van der Waals surface area contributed by atoms with Crippen molar-refractivity contribution in [1.82, 2.24) is 0 Å². The molecule has 3 nitrogen and oxygen atoms in total. The van der Waals surface area contributed by atoms with Crippen LogP contribution in [0.1, 0.15) is 31.4 Å². The van der Waals surface area contributed by atoms with Crippen LogP contribution < -0.4 is 15.2 Å². The van der Waals surface area contributed by atoms with Crippen LogP contribution >= 0.6 is 0 Å². The standard InChI is InChI=1S/C12H17NO2/c1-3-8-7-11(13)10-6-9(14-2)4-5-12(10)15-8/h4-6,8,11H,3,7,13H2,1-2H3/t8?,11-/m1/s1. The molecule has 1 aromatic carbocycles. The summed E-state index contributed by atoms with van der Waals surface area (Å²) in [4.78, 5) is 0. The van der Waals surface area contributed by atoms with Crippen molar-refractivity contribution in [3.63, 3.8) is 0 Å². The van der Waals surface area contributed by atoms with Gasteiger partial charge in [0, 0.05) is 18.0 Å². The SMILES string of the molecule is CCC1C[C@@H](N)c2cc(OC)ccc2O1. The van der Waals surface area contributed by atoms with Gasteiger partial charge in [-0.3, -0.25) is 0 Å². The van der Waals surface area contributed by atoms with Crippen molar-refractivity contribution in [3.8, 4) is 11.5 Å². The molecule has 1 heterocycles. The topological polar surface area (TPSA) is 44.5 Å². The van der Waals surface area contributed by atoms with Crippen LogP contribution in [-0.4, -0.2) is 13.2 Å². The van der Waals surface area contributed by atoms with Crippen molar-refractivity contribution in [2.75, 3.05) is 7.11 Å². The molecule has 3 heteroatoms. The monoisotopic (exact) mass is 207 g/mol. The second-order valence-electron chi connectivity index (χ2n) is 3.89. The molecule has 0 fully saturated rings. The molecule has 0 aliphatic carbocycles. The summed E-state index contributed by atoms with van der Waals surface area (Å²) < 4.78 is 11.0. The highest BCUT2D eigenvalue weighted by molar-refractivity contribution is 5.43. The van der Waals surface area contributed by atoms with Gasteiger partial charge in [-0.05, 0) is 24.6 Å². The molecule has 2 N–H and O–H groups in total. The Morgan fingerprint density at radius 3 is 3.00 bits per heavy atom. The lowest BCUT2D eigenvalue weighted by Crippen LogP contribution is -2.28. The maximum absolute atomic E-state index is 6.10. The molecule has 0 bridgehead atoms. The summed E-state index contributed by atoms with van der Waals surface area (Å²) in [6.45, 7) is 2.12. The Kier molecular flexibility index (Phi) is 2.82. The van der Waals surface area contributed by atoms with E-state index in [2.05, 4.69) is 6.92 Å². The van der Waals surface area contributed by atoms with E-state index in [9.17, 15) is 0 Å². The summed E-state index contributed by atoms with van der Waals surface area (Å²) in [6, 6.07) is 5.87. The normalized spacial score (nSPS) is 24.2. The highest BCUT2D eigenvalue weighted by atomic mass is 16.5. The van der Waals surface area contributed by atoms with Gasteiger partial charge in [-0.15, -0.1) is 0 Å². The molecule has 0 saturated heterocycles. The van der Waals surface area contributed by atoms with E-state index in [1.54, 1.807) is 7.11 Å². The van der Waals surface area contributed by atoms with Gasteiger partial charge in [-0.1, -0.05) is 6.92 Å². The van der Waals surface area contributed by atoms with E-state index >= 15 is 0 Å². The molecule has 1 aliphatic heterocycles. The van der Waals surface area contributed by atoms with E-state index in [4.69, 9.17) is 15.2 Å². The van der Waals surface area contributed by atoms with Crippen LogP contribution in [0.25, 0.3) is 0 Å². The summed E-state index contributed by atoms with van der Waals surface area (Å²) in [5.74, 6) is 1.74. The molecule has 1 aromatic rings. The third kappa shape index (κ3) is 1.92. The average molecular weight is 207 g/mol. The molecule has 0 aromatic heterocycles. The van der Waals surface area contributed by atoms with Crippen LogP contribution in [0.4, 0.5) is 0 Å². The molecule has 1 aliphatic rings. The number of rotatable bonds is 2. The van der Waals surface area contributed by atoms with E-state index in [0.29, 0.717) is 0 Å². The zero-order valence-electron chi connectivity index (χ0n) is 9.19. The van der Waals surface area contributed by atoms with Gasteiger partial charge < -0.3 is 15.2 Å². The van der Waals surface area contributed by atoms with Crippen LogP contribution in [0.5, 0.6) is 11.5 Å². The van der Waals surface area contributed by atoms with E-state index in [1.165, 1.54) is 0 Å². The Hall–Kier alpha value is -1.22. The highest BCUT2D eigenvalue weighted by Crippen LogP contribution is 2.36. The predicted octanol–water partition coefficient (Wildman–Crippen LogP) is 2.26. The molecule has 82 valence electrons. The molecule has 2 rings (SSSR count). The quantitative estimate of drug-likeness (QED) is 0.809. The number of ether oxygens (including phenoxy) is 2. The minimum atomic E-state index is 0.0637. The van der Waals surface area contributed by atoms with Gasteiger partial charge in [-0.2, -0.15) is 0 Å². The van der Waals surface area contributed by atoms with Crippen LogP contribution in [0, 0.1) is 0 Å². The summed E-state index contributed by atoms with van der Waals surface area (Å²) >= 11 is 0. The van der Waals surface area contributed by atoms with Crippen molar-refractivity contribution < 1.29 is 9.47 Å². The molecule has 2 atom stereocenters. The Labute approximate surface area is 90.2 Å². The summed E-state index contributed by atoms with van der Waals surface area (Å²) in [5, 5.41) is 0. The van der Waals surface area contributed by atoms with Crippen molar-refractivity contribution in [1.29, 1.82) is 0 Å². The zero-order chi connectivity index (χ0) is 10.8. The zero-order valence-corrected chi connectivity index (χ0v) is 9.19. The second kappa shape index (κ2) is 4.11. The first-order valence-corrected chi connectivity index (χ1v) is 5.34. The largest absolute Gasteiger partial charge is 0.497 e. The molecule has 0 saturated carbocycles. The molecule has 15 heavy (non-hydrogen) atoms. The van der Waals surface area contributed by atoms with Gasteiger partial charge in [0.25, 0.3) is 0 Å². The summed E-state index contributed by atoms with van der Waals surface area (Å²) in [7, 11) is 1.66. The molecular formula is C12H17NO2. The van der Waals surface area contributed by atoms with Gasteiger partial charge >= 0.3 is 0 Å². The molecule has 0 radical (unpaired) electrons. The first-order chi connectivity index (χ1) is 7.24. The van der Waals surface area contributed by atoms with E-state index in [0.717, 1.165) is 29.9 Å². The van der Waals surface area contributed by atoms with Crippen LogP contribution in [0.3, 0.4) is 0 Å². The van der Waals surface area contributed by atoms with E-state index < -0.39 is 0 Å². The van der Waals surface area contributed by atoms with Crippen molar-refractivity contribution in [2.24, 2.45) is 5.73 Å². The first kappa shape index (κ1) is 10.3. The average Bonchev–Trinajstić information content (AvgIpc) is 2.28. The maximum atomic E-state index is 6.10. The van der Waals surface area contributed by atoms with Gasteiger partial charge in [0.05, 0.1) is 7.11 Å². The lowest BCUT2D eigenvalue weighted by atomic mass is 9.96. The molecular weight excluding hydrogens is 190 g/mol. The van der Waals surface area contributed by atoms with Crippen LogP contribution in [0.2, 0.25) is 0 Å². The fraction of sp³-hybridized carbons (Fsp3) is 0.500. The minimum Gasteiger partial charge on any atom is -0.497 e. The number of hydrogen-bond donors (Lipinski definition) is 1. The summed E-state index contributed by atoms with van der Waals surface area (Å²) in [5.41, 5.74) is 7.16. The second-order valence-corrected chi connectivity index (χ2v) is 3.89. The molecule has 0 spiro atoms. The number of nitrogens with two attached hydrogens (primary N) is 1. The fourth-order valence-electron chi connectivity index (χ4n) is 1.94. The van der Waals surface area contributed by atoms with Gasteiger partial charge in [-0.25, -0.2) is 0 Å². The third-order valence-corrected chi connectivity index (χ3v) is 2.88. The number of methoxy groups -OCH3 is 1. The van der Waals surface area contributed by atoms with Gasteiger partial charge in [0.1, 0.15) is 17.6 Å². The lowest BCUT2D eigenvalue weighted by molar-refractivity contribution is 0.155. The Balaban J connectivity index is 2.32. The number of fused-ring (bicyclic) bond motifs is 1. The van der Waals surface area contributed by atoms with Crippen molar-refractivity contribution in [2.45, 2.75) is 31.9 Å². The van der Waals surface area contributed by atoms with E-state index in [-0.39, 0.29) is 12.1 Å². The van der Waals surface area contributed by atoms with Gasteiger partial charge in [0.15, 0.2) is 0 Å². The Bertz CT molecular complexity index is 351. The summed E-state index contributed by atoms with van der Waals surface area (Å²) in [6.07, 6.45) is 2.14. The van der Waals surface area contributed by atoms with Crippen LogP contribution in [0.15, 0.2) is 18.2 Å². The van der Waals surface area contributed by atoms with Crippen LogP contribution in [-0.2, 0) is 0 Å². The predicted molar refractivity (Wildman–Crippen MR) is 59.2 cm³/mol. The van der Waals surface area contributed by atoms with E-state index in [1.807, 2.05) is 18.2 Å². The Morgan fingerprint density at radius 2 is 2.33 bits per heavy atom. The maximum Gasteiger partial charge on any atom is 0.124 e. The number of benzene rings is 1. The van der Waals surface area contributed by atoms with Gasteiger partial charge in [0.2, 0.25) is 0 Å². The lowest BCUT2D eigenvalue weighted by Gasteiger charge is -2.29. The van der Waals surface area contributed by atoms with Crippen molar-refractivity contribution in [3.05, 3.63) is 23.8 Å². The smallest absolute Gasteiger partial charge is 0.124 e. The first-order valence-electron chi connectivity index (χ1n) is 5.34. The Morgan fingerprint density at radius 1 is 1.53 bits per heavy atom.